The number of aryl methyl sites for hydroxylation is 1. The Hall–Kier alpha value is -3.11. The zero-order valence-corrected chi connectivity index (χ0v) is 18.3. The molecule has 1 amide bonds. The van der Waals surface area contributed by atoms with Gasteiger partial charge in [-0.1, -0.05) is 54.9 Å². The predicted octanol–water partition coefficient (Wildman–Crippen LogP) is 5.66. The van der Waals surface area contributed by atoms with E-state index in [0.29, 0.717) is 24.4 Å². The minimum absolute atomic E-state index is 0.0157. The normalized spacial score (nSPS) is 12.1. The van der Waals surface area contributed by atoms with Gasteiger partial charge in [0, 0.05) is 59.3 Å². The van der Waals surface area contributed by atoms with Gasteiger partial charge in [0.1, 0.15) is 0 Å². The lowest BCUT2D eigenvalue weighted by atomic mass is 9.87. The van der Waals surface area contributed by atoms with Gasteiger partial charge in [-0.3, -0.25) is 9.78 Å². The zero-order valence-electron chi connectivity index (χ0n) is 17.6. The van der Waals surface area contributed by atoms with Crippen molar-refractivity contribution in [1.82, 2.24) is 15.3 Å². The number of aromatic nitrogens is 2. The van der Waals surface area contributed by atoms with Crippen LogP contribution in [0.3, 0.4) is 0 Å². The Kier molecular flexibility index (Phi) is 6.68. The van der Waals surface area contributed by atoms with E-state index in [9.17, 15) is 4.79 Å². The molecule has 4 aromatic rings. The van der Waals surface area contributed by atoms with Crippen LogP contribution in [0.1, 0.15) is 41.6 Å². The number of amides is 1. The summed E-state index contributed by atoms with van der Waals surface area (Å²) in [6.07, 6.45) is 5.82. The second-order valence-corrected chi connectivity index (χ2v) is 8.11. The van der Waals surface area contributed by atoms with E-state index in [2.05, 4.69) is 40.4 Å². The monoisotopic (exact) mass is 431 g/mol. The number of aromatic amines is 1. The van der Waals surface area contributed by atoms with Gasteiger partial charge in [0.15, 0.2) is 0 Å². The number of carbonyl (C=O) groups is 1. The maximum absolute atomic E-state index is 12.9. The second-order valence-electron chi connectivity index (χ2n) is 7.67. The molecule has 158 valence electrons. The molecule has 4 nitrogen and oxygen atoms in total. The summed E-state index contributed by atoms with van der Waals surface area (Å²) >= 11 is 6.29. The van der Waals surface area contributed by atoms with Crippen molar-refractivity contribution in [3.05, 3.63) is 100 Å². The van der Waals surface area contributed by atoms with Gasteiger partial charge in [-0.25, -0.2) is 0 Å². The third kappa shape index (κ3) is 4.97. The van der Waals surface area contributed by atoms with E-state index in [-0.39, 0.29) is 11.8 Å². The number of para-hydroxylation sites is 1. The van der Waals surface area contributed by atoms with Crippen molar-refractivity contribution in [3.63, 3.8) is 0 Å². The number of hydrogen-bond acceptors (Lipinski definition) is 2. The summed E-state index contributed by atoms with van der Waals surface area (Å²) in [6.45, 7) is 2.71. The first-order valence-electron chi connectivity index (χ1n) is 10.7. The first-order valence-corrected chi connectivity index (χ1v) is 11.0. The number of carbonyl (C=O) groups excluding carboxylic acids is 1. The van der Waals surface area contributed by atoms with Gasteiger partial charge in [-0.15, -0.1) is 0 Å². The molecule has 0 saturated heterocycles. The molecule has 0 bridgehead atoms. The van der Waals surface area contributed by atoms with E-state index in [4.69, 9.17) is 11.6 Å². The van der Waals surface area contributed by atoms with Gasteiger partial charge < -0.3 is 10.3 Å². The number of nitrogens with zero attached hydrogens (tertiary/aromatic N) is 1. The van der Waals surface area contributed by atoms with Crippen molar-refractivity contribution in [2.45, 2.75) is 32.1 Å². The Bertz CT molecular complexity index is 1170. The summed E-state index contributed by atoms with van der Waals surface area (Å²) in [7, 11) is 0. The second kappa shape index (κ2) is 9.80. The van der Waals surface area contributed by atoms with Crippen molar-refractivity contribution >= 4 is 28.4 Å². The average Bonchev–Trinajstić information content (AvgIpc) is 3.22. The maximum Gasteiger partial charge on any atom is 0.220 e. The van der Waals surface area contributed by atoms with Crippen LogP contribution < -0.4 is 5.32 Å². The highest BCUT2D eigenvalue weighted by atomic mass is 35.5. The summed E-state index contributed by atoms with van der Waals surface area (Å²) in [5.74, 6) is -0.0729. The summed E-state index contributed by atoms with van der Waals surface area (Å²) in [5.41, 5.74) is 5.54. The fraction of sp³-hybridized carbons (Fsp3) is 0.231. The van der Waals surface area contributed by atoms with E-state index < -0.39 is 0 Å². The van der Waals surface area contributed by atoms with Crippen molar-refractivity contribution < 1.29 is 4.79 Å². The minimum Gasteiger partial charge on any atom is -0.361 e. The number of rotatable bonds is 8. The van der Waals surface area contributed by atoms with Crippen LogP contribution in [0, 0.1) is 0 Å². The Morgan fingerprint density at radius 2 is 2.00 bits per heavy atom. The number of pyridine rings is 1. The molecule has 4 rings (SSSR count). The summed E-state index contributed by atoms with van der Waals surface area (Å²) in [5, 5.41) is 4.89. The number of benzene rings is 2. The molecule has 0 spiro atoms. The van der Waals surface area contributed by atoms with Crippen molar-refractivity contribution in [1.29, 1.82) is 0 Å². The van der Waals surface area contributed by atoms with E-state index in [0.717, 1.165) is 34.1 Å². The largest absolute Gasteiger partial charge is 0.361 e. The van der Waals surface area contributed by atoms with Gasteiger partial charge in [0.25, 0.3) is 0 Å². The van der Waals surface area contributed by atoms with Crippen molar-refractivity contribution in [3.8, 4) is 0 Å². The van der Waals surface area contributed by atoms with Crippen LogP contribution in [0.5, 0.6) is 0 Å². The quantitative estimate of drug-likeness (QED) is 0.378. The third-order valence-electron chi connectivity index (χ3n) is 5.66. The fourth-order valence-corrected chi connectivity index (χ4v) is 4.28. The molecule has 1 unspecified atom stereocenters. The van der Waals surface area contributed by atoms with Crippen LogP contribution >= 0.6 is 11.6 Å². The molecule has 0 saturated carbocycles. The first-order chi connectivity index (χ1) is 15.2. The standard InChI is InChI=1S/C26H26ClN3O/c1-2-18-7-6-11-22-24(17-30-26(18)22)23(19-8-5-9-20(27)15-19)16-25(31)29-14-12-21-10-3-4-13-28-21/h3-11,13,15,17,23,30H,2,12,14,16H2,1H3,(H,29,31). The van der Waals surface area contributed by atoms with Gasteiger partial charge in [-0.05, 0) is 47.4 Å². The zero-order chi connectivity index (χ0) is 21.6. The predicted molar refractivity (Wildman–Crippen MR) is 127 cm³/mol. The van der Waals surface area contributed by atoms with Crippen LogP contribution in [0.15, 0.2) is 73.1 Å². The molecule has 2 aromatic carbocycles. The highest BCUT2D eigenvalue weighted by molar-refractivity contribution is 6.30. The molecule has 0 aliphatic carbocycles. The molecule has 0 aliphatic heterocycles. The lowest BCUT2D eigenvalue weighted by molar-refractivity contribution is -0.121. The molecule has 2 aromatic heterocycles. The van der Waals surface area contributed by atoms with E-state index in [1.165, 1.54) is 5.56 Å². The molecule has 1 atom stereocenters. The molecule has 0 fully saturated rings. The number of nitrogens with one attached hydrogen (secondary N) is 2. The molecule has 2 N–H and O–H groups in total. The van der Waals surface area contributed by atoms with Gasteiger partial charge in [0.05, 0.1) is 0 Å². The van der Waals surface area contributed by atoms with Crippen LogP contribution in [-0.2, 0) is 17.6 Å². The highest BCUT2D eigenvalue weighted by Crippen LogP contribution is 2.35. The molecule has 2 heterocycles. The topological polar surface area (TPSA) is 57.8 Å². The van der Waals surface area contributed by atoms with Gasteiger partial charge in [0.2, 0.25) is 5.91 Å². The SMILES string of the molecule is CCc1cccc2c(C(CC(=O)NCCc3ccccn3)c3cccc(Cl)c3)c[nH]c12. The number of halogens is 1. The molecule has 31 heavy (non-hydrogen) atoms. The molecule has 0 aliphatic rings. The molecular formula is C26H26ClN3O. The van der Waals surface area contributed by atoms with Crippen molar-refractivity contribution in [2.75, 3.05) is 6.54 Å². The minimum atomic E-state index is -0.0885. The van der Waals surface area contributed by atoms with Crippen LogP contribution in [-0.4, -0.2) is 22.4 Å². The van der Waals surface area contributed by atoms with E-state index in [1.54, 1.807) is 6.20 Å². The Morgan fingerprint density at radius 3 is 2.77 bits per heavy atom. The van der Waals surface area contributed by atoms with Crippen LogP contribution in [0.4, 0.5) is 0 Å². The third-order valence-corrected chi connectivity index (χ3v) is 5.90. The summed E-state index contributed by atoms with van der Waals surface area (Å²) in [4.78, 5) is 20.6. The smallest absolute Gasteiger partial charge is 0.220 e. The molecular weight excluding hydrogens is 406 g/mol. The molecule has 5 heteroatoms. The lowest BCUT2D eigenvalue weighted by Crippen LogP contribution is -2.27. The van der Waals surface area contributed by atoms with Crippen LogP contribution in [0.2, 0.25) is 5.02 Å². The average molecular weight is 432 g/mol. The van der Waals surface area contributed by atoms with Gasteiger partial charge >= 0.3 is 0 Å². The van der Waals surface area contributed by atoms with Crippen molar-refractivity contribution in [2.24, 2.45) is 0 Å². The Labute approximate surface area is 187 Å². The number of hydrogen-bond donors (Lipinski definition) is 2. The van der Waals surface area contributed by atoms with Crippen LogP contribution in [0.25, 0.3) is 10.9 Å². The number of H-pyrrole nitrogens is 1. The number of fused-ring (bicyclic) bond motifs is 1. The van der Waals surface area contributed by atoms with E-state index in [1.807, 2.05) is 48.7 Å². The van der Waals surface area contributed by atoms with Gasteiger partial charge in [-0.2, -0.15) is 0 Å². The van der Waals surface area contributed by atoms with E-state index >= 15 is 0 Å². The molecule has 0 radical (unpaired) electrons. The lowest BCUT2D eigenvalue weighted by Gasteiger charge is -2.18. The summed E-state index contributed by atoms with van der Waals surface area (Å²) < 4.78 is 0. The first kappa shape index (κ1) is 21.1. The summed E-state index contributed by atoms with van der Waals surface area (Å²) in [6, 6.07) is 20.0. The fourth-order valence-electron chi connectivity index (χ4n) is 4.09. The Morgan fingerprint density at radius 1 is 1.13 bits per heavy atom. The Balaban J connectivity index is 1.58. The highest BCUT2D eigenvalue weighted by Gasteiger charge is 2.22. The maximum atomic E-state index is 12.9.